The van der Waals surface area contributed by atoms with Gasteiger partial charge in [0.25, 0.3) is 0 Å². The number of hydrogen-bond acceptors (Lipinski definition) is 2. The zero-order valence-electron chi connectivity index (χ0n) is 26.2. The summed E-state index contributed by atoms with van der Waals surface area (Å²) < 4.78 is 2.33. The van der Waals surface area contributed by atoms with Gasteiger partial charge in [0, 0.05) is 27.1 Å². The second-order valence-electron chi connectivity index (χ2n) is 15.2. The van der Waals surface area contributed by atoms with E-state index >= 15 is 0 Å². The summed E-state index contributed by atoms with van der Waals surface area (Å²) in [5, 5.41) is 8.47. The van der Waals surface area contributed by atoms with E-state index < -0.39 is 0 Å². The van der Waals surface area contributed by atoms with Gasteiger partial charge in [-0.05, 0) is 107 Å². The monoisotopic (exact) mass is 603 g/mol. The molecule has 2 bridgehead atoms. The van der Waals surface area contributed by atoms with Gasteiger partial charge in [-0.1, -0.05) is 97.1 Å². The molecule has 2 heterocycles. The number of fused-ring (bicyclic) bond motifs is 8. The Bertz CT molecular complexity index is 2650. The maximum atomic E-state index is 5.54. The molecule has 2 atom stereocenters. The summed E-state index contributed by atoms with van der Waals surface area (Å²) in [4.78, 5) is 10.9. The van der Waals surface area contributed by atoms with Crippen LogP contribution in [0, 0.1) is 23.2 Å². The van der Waals surface area contributed by atoms with Crippen molar-refractivity contribution in [3.05, 3.63) is 127 Å². The molecule has 4 aliphatic carbocycles. The summed E-state index contributed by atoms with van der Waals surface area (Å²) >= 11 is 0. The molecule has 3 nitrogen and oxygen atoms in total. The fourth-order valence-corrected chi connectivity index (χ4v) is 11.5. The number of benzene rings is 6. The van der Waals surface area contributed by atoms with Gasteiger partial charge in [-0.15, -0.1) is 0 Å². The molecule has 4 fully saturated rings. The van der Waals surface area contributed by atoms with E-state index in [1.165, 1.54) is 75.5 Å². The Hall–Kier alpha value is -5.02. The average molecular weight is 604 g/mol. The van der Waals surface area contributed by atoms with E-state index in [0.29, 0.717) is 10.8 Å². The minimum atomic E-state index is 0.356. The first-order valence-electron chi connectivity index (χ1n) is 17.4. The molecule has 1 spiro atoms. The van der Waals surface area contributed by atoms with Gasteiger partial charge in [-0.3, -0.25) is 4.57 Å². The second kappa shape index (κ2) is 8.46. The third kappa shape index (κ3) is 3.05. The van der Waals surface area contributed by atoms with Crippen LogP contribution in [0.2, 0.25) is 0 Å². The smallest absolute Gasteiger partial charge is 0.235 e. The zero-order chi connectivity index (χ0) is 30.5. The Morgan fingerprint density at radius 2 is 1.32 bits per heavy atom. The Kier molecular flexibility index (Phi) is 4.52. The fraction of sp³-hybridized carbons (Fsp3) is 0.227. The van der Waals surface area contributed by atoms with Crippen molar-refractivity contribution >= 4 is 54.3 Å². The lowest BCUT2D eigenvalue weighted by molar-refractivity contribution is -0.175. The van der Waals surface area contributed by atoms with E-state index in [1.807, 2.05) is 0 Å². The molecule has 0 radical (unpaired) electrons. The van der Waals surface area contributed by atoms with Crippen LogP contribution in [0.1, 0.15) is 37.7 Å². The standard InChI is InChI=1S/C44H33N3/c1-2-10-28-20-39-37(19-27(28)9-1)35-17-16-26-8-3-4-13-34(26)41(35)47(39)42-45-38-15-6-5-14-36(38)40(46-42)29-11-7-12-30(18-29)43-23-32-21-31-22-33(24-43)44(31,32)25-43/h1-20,31-33H,21-25H2. The molecule has 0 N–H and O–H groups in total. The maximum Gasteiger partial charge on any atom is 0.235 e. The molecule has 224 valence electrons. The number of para-hydroxylation sites is 1. The van der Waals surface area contributed by atoms with Gasteiger partial charge in [0.05, 0.1) is 22.2 Å². The van der Waals surface area contributed by atoms with Crippen LogP contribution in [0.25, 0.3) is 71.5 Å². The van der Waals surface area contributed by atoms with Crippen LogP contribution in [-0.2, 0) is 5.41 Å². The summed E-state index contributed by atoms with van der Waals surface area (Å²) in [5.74, 6) is 3.69. The van der Waals surface area contributed by atoms with Gasteiger partial charge in [0.1, 0.15) is 0 Å². The third-order valence-electron chi connectivity index (χ3n) is 13.4. The zero-order valence-corrected chi connectivity index (χ0v) is 26.2. The van der Waals surface area contributed by atoms with Gasteiger partial charge in [0.15, 0.2) is 0 Å². The molecule has 2 unspecified atom stereocenters. The molecule has 0 aliphatic heterocycles. The number of nitrogens with zero attached hydrogens (tertiary/aromatic N) is 3. The molecule has 3 heteroatoms. The van der Waals surface area contributed by atoms with Crippen molar-refractivity contribution in [3.8, 4) is 17.2 Å². The van der Waals surface area contributed by atoms with E-state index in [9.17, 15) is 0 Å². The van der Waals surface area contributed by atoms with Crippen LogP contribution in [0.4, 0.5) is 0 Å². The number of aromatic nitrogens is 3. The minimum Gasteiger partial charge on any atom is -0.277 e. The minimum absolute atomic E-state index is 0.356. The average Bonchev–Trinajstić information content (AvgIpc) is 3.73. The largest absolute Gasteiger partial charge is 0.277 e. The van der Waals surface area contributed by atoms with Crippen LogP contribution in [0.5, 0.6) is 0 Å². The van der Waals surface area contributed by atoms with Gasteiger partial charge in [-0.2, -0.15) is 0 Å². The van der Waals surface area contributed by atoms with E-state index in [-0.39, 0.29) is 0 Å². The normalized spacial score (nSPS) is 27.1. The van der Waals surface area contributed by atoms with Crippen LogP contribution >= 0.6 is 0 Å². The first kappa shape index (κ1) is 25.1. The first-order chi connectivity index (χ1) is 23.2. The lowest BCUT2D eigenvalue weighted by Gasteiger charge is -2.66. The quantitative estimate of drug-likeness (QED) is 0.201. The highest BCUT2D eigenvalue weighted by Gasteiger charge is 2.77. The molecule has 6 aromatic carbocycles. The molecule has 0 amide bonds. The predicted molar refractivity (Wildman–Crippen MR) is 192 cm³/mol. The fourth-order valence-electron chi connectivity index (χ4n) is 11.5. The van der Waals surface area contributed by atoms with Crippen molar-refractivity contribution in [2.75, 3.05) is 0 Å². The Morgan fingerprint density at radius 1 is 0.574 bits per heavy atom. The lowest BCUT2D eigenvalue weighted by Crippen LogP contribution is -2.59. The summed E-state index contributed by atoms with van der Waals surface area (Å²) in [5.41, 5.74) is 8.12. The maximum absolute atomic E-state index is 5.54. The predicted octanol–water partition coefficient (Wildman–Crippen LogP) is 10.8. The summed E-state index contributed by atoms with van der Waals surface area (Å²) in [6.45, 7) is 0. The van der Waals surface area contributed by atoms with Gasteiger partial charge < -0.3 is 0 Å². The molecule has 8 aromatic rings. The van der Waals surface area contributed by atoms with Gasteiger partial charge >= 0.3 is 0 Å². The van der Waals surface area contributed by atoms with Crippen molar-refractivity contribution in [1.82, 2.24) is 14.5 Å². The van der Waals surface area contributed by atoms with Crippen molar-refractivity contribution in [1.29, 1.82) is 0 Å². The first-order valence-corrected chi connectivity index (χ1v) is 17.4. The van der Waals surface area contributed by atoms with E-state index in [1.54, 1.807) is 5.56 Å². The van der Waals surface area contributed by atoms with Crippen LogP contribution in [0.15, 0.2) is 121 Å². The number of hydrogen-bond donors (Lipinski definition) is 0. The SMILES string of the molecule is c1cc(-c2nc(-n3c4cc5ccccc5cc4c4ccc5ccccc5c43)nc3ccccc23)cc(C23CC4CC5CC(C2)C54C3)c1. The second-order valence-corrected chi connectivity index (χ2v) is 15.2. The highest BCUT2D eigenvalue weighted by molar-refractivity contribution is 6.20. The Balaban J connectivity index is 1.13. The van der Waals surface area contributed by atoms with E-state index in [0.717, 1.165) is 45.8 Å². The molecule has 4 saturated carbocycles. The van der Waals surface area contributed by atoms with Crippen LogP contribution in [-0.4, -0.2) is 14.5 Å². The topological polar surface area (TPSA) is 30.7 Å². The lowest BCUT2D eigenvalue weighted by atomic mass is 9.38. The molecule has 0 saturated heterocycles. The Morgan fingerprint density at radius 3 is 2.13 bits per heavy atom. The third-order valence-corrected chi connectivity index (χ3v) is 13.4. The van der Waals surface area contributed by atoms with E-state index in [2.05, 4.69) is 126 Å². The molecule has 2 aromatic heterocycles. The van der Waals surface area contributed by atoms with Crippen molar-refractivity contribution < 1.29 is 0 Å². The highest BCUT2D eigenvalue weighted by Crippen LogP contribution is 2.84. The van der Waals surface area contributed by atoms with E-state index in [4.69, 9.17) is 9.97 Å². The summed E-state index contributed by atoms with van der Waals surface area (Å²) in [6.07, 6.45) is 7.17. The molecule has 4 aliphatic rings. The number of rotatable bonds is 3. The summed E-state index contributed by atoms with van der Waals surface area (Å²) in [7, 11) is 0. The van der Waals surface area contributed by atoms with Crippen molar-refractivity contribution in [2.45, 2.75) is 37.5 Å². The van der Waals surface area contributed by atoms with Gasteiger partial charge in [-0.25, -0.2) is 9.97 Å². The molecular weight excluding hydrogens is 571 g/mol. The van der Waals surface area contributed by atoms with Gasteiger partial charge in [0.2, 0.25) is 5.95 Å². The van der Waals surface area contributed by atoms with Crippen LogP contribution in [0.3, 0.4) is 0 Å². The molecular formula is C44H33N3. The Labute approximate surface area is 272 Å². The summed E-state index contributed by atoms with van der Waals surface area (Å²) in [6, 6.07) is 44.7. The van der Waals surface area contributed by atoms with Crippen molar-refractivity contribution in [2.24, 2.45) is 23.2 Å². The molecule has 12 rings (SSSR count). The molecule has 47 heavy (non-hydrogen) atoms. The van der Waals surface area contributed by atoms with Crippen molar-refractivity contribution in [3.63, 3.8) is 0 Å². The highest BCUT2D eigenvalue weighted by atomic mass is 15.2. The van der Waals surface area contributed by atoms with Crippen LogP contribution < -0.4 is 0 Å².